The van der Waals surface area contributed by atoms with Crippen LogP contribution < -0.4 is 5.32 Å². The first kappa shape index (κ1) is 4.74. The molecule has 2 fully saturated rings. The zero-order valence-electron chi connectivity index (χ0n) is 4.73. The van der Waals surface area contributed by atoms with Crippen LogP contribution in [-0.4, -0.2) is 19.3 Å². The molecule has 1 aliphatic heterocycles. The summed E-state index contributed by atoms with van der Waals surface area (Å²) in [5.41, 5.74) is 0. The van der Waals surface area contributed by atoms with Gasteiger partial charge in [-0.2, -0.15) is 0 Å². The maximum Gasteiger partial charge on any atom is 0.116 e. The molecule has 1 heterocycles. The monoisotopic (exact) mass is 115 g/mol. The Balaban J connectivity index is 1.99. The molecule has 1 saturated carbocycles. The van der Waals surface area contributed by atoms with Crippen molar-refractivity contribution in [3.63, 3.8) is 0 Å². The van der Waals surface area contributed by atoms with Crippen molar-refractivity contribution in [3.8, 4) is 0 Å². The van der Waals surface area contributed by atoms with Crippen LogP contribution in [0.4, 0.5) is 4.39 Å². The zero-order chi connectivity index (χ0) is 5.56. The van der Waals surface area contributed by atoms with Crippen LogP contribution in [0.2, 0.25) is 0 Å². The molecule has 0 spiro atoms. The van der Waals surface area contributed by atoms with Crippen molar-refractivity contribution >= 4 is 0 Å². The van der Waals surface area contributed by atoms with E-state index in [1.165, 1.54) is 0 Å². The van der Waals surface area contributed by atoms with Gasteiger partial charge in [0.05, 0.1) is 0 Å². The number of hydrogen-bond acceptors (Lipinski definition) is 1. The lowest BCUT2D eigenvalue weighted by molar-refractivity contribution is 0.248. The summed E-state index contributed by atoms with van der Waals surface area (Å²) in [6.07, 6.45) is 0.600. The van der Waals surface area contributed by atoms with Gasteiger partial charge in [0.25, 0.3) is 0 Å². The fourth-order valence-corrected chi connectivity index (χ4v) is 1.51. The second-order valence-electron chi connectivity index (χ2n) is 2.83. The smallest absolute Gasteiger partial charge is 0.116 e. The third-order valence-electron chi connectivity index (χ3n) is 2.19. The van der Waals surface area contributed by atoms with Gasteiger partial charge in [-0.05, 0) is 24.8 Å². The minimum absolute atomic E-state index is 0.441. The van der Waals surface area contributed by atoms with E-state index in [0.29, 0.717) is 18.4 Å². The van der Waals surface area contributed by atoms with Crippen LogP contribution in [0.1, 0.15) is 6.42 Å². The number of alkyl halides is 1. The lowest BCUT2D eigenvalue weighted by atomic mass is 10.1. The van der Waals surface area contributed by atoms with E-state index in [1.807, 2.05) is 0 Å². The Morgan fingerprint density at radius 1 is 1.38 bits per heavy atom. The van der Waals surface area contributed by atoms with E-state index in [-0.39, 0.29) is 0 Å². The molecule has 8 heavy (non-hydrogen) atoms. The van der Waals surface area contributed by atoms with Crippen LogP contribution in [0, 0.1) is 11.8 Å². The zero-order valence-corrected chi connectivity index (χ0v) is 4.73. The fourth-order valence-electron chi connectivity index (χ4n) is 1.51. The third-order valence-corrected chi connectivity index (χ3v) is 2.19. The third kappa shape index (κ3) is 0.558. The quantitative estimate of drug-likeness (QED) is 0.486. The van der Waals surface area contributed by atoms with Crippen LogP contribution in [0.15, 0.2) is 0 Å². The molecule has 0 aromatic rings. The molecule has 1 N–H and O–H groups in total. The van der Waals surface area contributed by atoms with E-state index in [1.54, 1.807) is 0 Å². The van der Waals surface area contributed by atoms with Crippen LogP contribution >= 0.6 is 0 Å². The molecule has 46 valence electrons. The van der Waals surface area contributed by atoms with E-state index in [4.69, 9.17) is 0 Å². The average Bonchev–Trinajstić information content (AvgIpc) is 2.45. The molecular formula is C6H10FN. The van der Waals surface area contributed by atoms with Gasteiger partial charge in [0, 0.05) is 6.54 Å². The van der Waals surface area contributed by atoms with Crippen LogP contribution in [0.5, 0.6) is 0 Å². The Labute approximate surface area is 48.3 Å². The van der Waals surface area contributed by atoms with Crippen molar-refractivity contribution in [2.75, 3.05) is 13.1 Å². The molecular weight excluding hydrogens is 105 g/mol. The van der Waals surface area contributed by atoms with Gasteiger partial charge < -0.3 is 5.32 Å². The second kappa shape index (κ2) is 1.44. The Morgan fingerprint density at radius 2 is 2.25 bits per heavy atom. The topological polar surface area (TPSA) is 12.0 Å². The van der Waals surface area contributed by atoms with E-state index < -0.39 is 6.17 Å². The van der Waals surface area contributed by atoms with E-state index in [9.17, 15) is 4.39 Å². The van der Waals surface area contributed by atoms with E-state index in [2.05, 4.69) is 5.32 Å². The van der Waals surface area contributed by atoms with Gasteiger partial charge in [0.1, 0.15) is 6.17 Å². The molecule has 1 saturated heterocycles. The summed E-state index contributed by atoms with van der Waals surface area (Å²) in [5.74, 6) is 1.13. The largest absolute Gasteiger partial charge is 0.314 e. The maximum atomic E-state index is 12.6. The summed E-state index contributed by atoms with van der Waals surface area (Å²) in [6, 6.07) is 0. The van der Waals surface area contributed by atoms with Gasteiger partial charge in [0.15, 0.2) is 0 Å². The van der Waals surface area contributed by atoms with Crippen molar-refractivity contribution in [1.82, 2.24) is 5.32 Å². The van der Waals surface area contributed by atoms with Crippen molar-refractivity contribution < 1.29 is 4.39 Å². The molecule has 2 heteroatoms. The van der Waals surface area contributed by atoms with Gasteiger partial charge in [-0.3, -0.25) is 0 Å². The van der Waals surface area contributed by atoms with Crippen molar-refractivity contribution in [1.29, 1.82) is 0 Å². The minimum Gasteiger partial charge on any atom is -0.314 e. The first-order chi connectivity index (χ1) is 3.88. The van der Waals surface area contributed by atoms with Gasteiger partial charge in [-0.1, -0.05) is 0 Å². The molecule has 0 aromatic carbocycles. The molecule has 0 bridgehead atoms. The lowest BCUT2D eigenvalue weighted by Crippen LogP contribution is -2.33. The second-order valence-corrected chi connectivity index (χ2v) is 2.83. The number of hydrogen-bond donors (Lipinski definition) is 1. The summed E-state index contributed by atoms with van der Waals surface area (Å²) in [6.45, 7) is 1.66. The predicted octanol–water partition coefficient (Wildman–Crippen LogP) is 0.564. The molecule has 0 radical (unpaired) electrons. The van der Waals surface area contributed by atoms with Gasteiger partial charge >= 0.3 is 0 Å². The normalized spacial score (nSPS) is 52.9. The summed E-state index contributed by atoms with van der Waals surface area (Å²) >= 11 is 0. The first-order valence-corrected chi connectivity index (χ1v) is 3.22. The molecule has 3 atom stereocenters. The standard InChI is InChI=1S/C6H10FN/c7-6-3-8-2-4-1-5(4)6/h4-6,8H,1-3H2. The fraction of sp³-hybridized carbons (Fsp3) is 1.00. The van der Waals surface area contributed by atoms with E-state index in [0.717, 1.165) is 13.0 Å². The van der Waals surface area contributed by atoms with Crippen LogP contribution in [0.25, 0.3) is 0 Å². The molecule has 3 unspecified atom stereocenters. The lowest BCUT2D eigenvalue weighted by Gasteiger charge is -2.13. The molecule has 2 aliphatic rings. The predicted molar refractivity (Wildman–Crippen MR) is 29.4 cm³/mol. The number of nitrogens with one attached hydrogen (secondary N) is 1. The number of rotatable bonds is 0. The Hall–Kier alpha value is -0.110. The van der Waals surface area contributed by atoms with Crippen LogP contribution in [0.3, 0.4) is 0 Å². The first-order valence-electron chi connectivity index (χ1n) is 3.22. The molecule has 0 aromatic heterocycles. The molecule has 1 nitrogen and oxygen atoms in total. The Bertz CT molecular complexity index is 105. The molecule has 1 aliphatic carbocycles. The van der Waals surface area contributed by atoms with Gasteiger partial charge in [0.2, 0.25) is 0 Å². The van der Waals surface area contributed by atoms with Gasteiger partial charge in [-0.15, -0.1) is 0 Å². The highest BCUT2D eigenvalue weighted by Gasteiger charge is 2.45. The summed E-state index contributed by atoms with van der Waals surface area (Å²) in [5, 5.41) is 3.05. The van der Waals surface area contributed by atoms with Crippen LogP contribution in [-0.2, 0) is 0 Å². The number of piperidine rings is 1. The van der Waals surface area contributed by atoms with Crippen molar-refractivity contribution in [3.05, 3.63) is 0 Å². The molecule has 0 amide bonds. The Morgan fingerprint density at radius 3 is 2.88 bits per heavy atom. The highest BCUT2D eigenvalue weighted by molar-refractivity contribution is 4.97. The molecule has 2 rings (SSSR count). The summed E-state index contributed by atoms with van der Waals surface area (Å²) < 4.78 is 12.6. The minimum atomic E-state index is -0.534. The number of fused-ring (bicyclic) bond motifs is 1. The SMILES string of the molecule is FC1CNCC2CC12. The van der Waals surface area contributed by atoms with Crippen molar-refractivity contribution in [2.24, 2.45) is 11.8 Å². The highest BCUT2D eigenvalue weighted by atomic mass is 19.1. The summed E-state index contributed by atoms with van der Waals surface area (Å²) in [4.78, 5) is 0. The van der Waals surface area contributed by atoms with E-state index >= 15 is 0 Å². The maximum absolute atomic E-state index is 12.6. The van der Waals surface area contributed by atoms with Crippen molar-refractivity contribution in [2.45, 2.75) is 12.6 Å². The highest BCUT2D eigenvalue weighted by Crippen LogP contribution is 2.43. The summed E-state index contributed by atoms with van der Waals surface area (Å²) in [7, 11) is 0. The number of halogens is 1. The Kier molecular flexibility index (Phi) is 0.852. The average molecular weight is 115 g/mol. The van der Waals surface area contributed by atoms with Gasteiger partial charge in [-0.25, -0.2) is 4.39 Å².